The summed E-state index contributed by atoms with van der Waals surface area (Å²) in [7, 11) is 0. The van der Waals surface area contributed by atoms with E-state index in [-0.39, 0.29) is 16.8 Å². The number of esters is 1. The van der Waals surface area contributed by atoms with E-state index in [4.69, 9.17) is 4.74 Å². The first-order valence-electron chi connectivity index (χ1n) is 11.6. The highest BCUT2D eigenvalue weighted by molar-refractivity contribution is 7.99. The zero-order chi connectivity index (χ0) is 23.1. The Morgan fingerprint density at radius 2 is 1.43 bits per heavy atom. The van der Waals surface area contributed by atoms with Gasteiger partial charge in [-0.1, -0.05) is 87.5 Å². The molecule has 1 aromatic carbocycles. The largest absolute Gasteiger partial charge is 0.507 e. The molecule has 0 fully saturated rings. The number of carbonyl (C=O) groups is 1. The summed E-state index contributed by atoms with van der Waals surface area (Å²) < 4.78 is 5.83. The van der Waals surface area contributed by atoms with Gasteiger partial charge in [0, 0.05) is 23.6 Å². The number of thioether (sulfide) groups is 1. The van der Waals surface area contributed by atoms with Crippen LogP contribution in [0.15, 0.2) is 4.90 Å². The molecule has 1 N–H and O–H groups in total. The van der Waals surface area contributed by atoms with Crippen molar-refractivity contribution in [2.45, 2.75) is 123 Å². The monoisotopic (exact) mass is 436 g/mol. The third-order valence-corrected chi connectivity index (χ3v) is 6.50. The van der Waals surface area contributed by atoms with Crippen LogP contribution in [-0.4, -0.2) is 16.8 Å². The maximum atomic E-state index is 12.0. The molecular formula is C26H44O3S. The van der Waals surface area contributed by atoms with E-state index in [2.05, 4.69) is 55.4 Å². The SMILES string of the molecule is CCCCCCCCSc1c(OC(C)=O)c(CC)c(C(C)(C)C)c(O)c1C(C)(C)C. The number of unbranched alkanes of at least 4 members (excludes halogenated alkanes) is 5. The van der Waals surface area contributed by atoms with Crippen LogP contribution in [0.2, 0.25) is 0 Å². The van der Waals surface area contributed by atoms with E-state index < -0.39 is 0 Å². The standard InChI is InChI=1S/C26H44O3S/c1-10-12-13-14-15-16-17-30-24-21(26(7,8)9)22(28)20(25(4,5)6)19(11-2)23(24)29-18(3)27/h28H,10-17H2,1-9H3. The quantitative estimate of drug-likeness (QED) is 0.175. The smallest absolute Gasteiger partial charge is 0.308 e. The van der Waals surface area contributed by atoms with Crippen molar-refractivity contribution in [3.05, 3.63) is 16.7 Å². The van der Waals surface area contributed by atoms with E-state index in [1.54, 1.807) is 11.8 Å². The minimum Gasteiger partial charge on any atom is -0.507 e. The molecule has 0 aromatic heterocycles. The Bertz CT molecular complexity index is 709. The summed E-state index contributed by atoms with van der Waals surface area (Å²) >= 11 is 1.73. The molecule has 1 aromatic rings. The molecule has 0 aliphatic heterocycles. The number of aromatic hydroxyl groups is 1. The van der Waals surface area contributed by atoms with Crippen LogP contribution in [-0.2, 0) is 22.0 Å². The number of rotatable bonds is 10. The molecule has 4 heteroatoms. The van der Waals surface area contributed by atoms with Gasteiger partial charge in [-0.25, -0.2) is 0 Å². The number of phenolic OH excluding ortho intramolecular Hbond substituents is 1. The topological polar surface area (TPSA) is 46.5 Å². The summed E-state index contributed by atoms with van der Waals surface area (Å²) in [6, 6.07) is 0. The summed E-state index contributed by atoms with van der Waals surface area (Å²) in [5.74, 6) is 1.68. The van der Waals surface area contributed by atoms with Crippen molar-refractivity contribution in [2.75, 3.05) is 5.75 Å². The van der Waals surface area contributed by atoms with Gasteiger partial charge >= 0.3 is 5.97 Å². The van der Waals surface area contributed by atoms with E-state index in [0.717, 1.165) is 33.8 Å². The van der Waals surface area contributed by atoms with Gasteiger partial charge < -0.3 is 9.84 Å². The molecule has 0 heterocycles. The fraction of sp³-hybridized carbons (Fsp3) is 0.731. The predicted octanol–water partition coefficient (Wildman–Crippen LogP) is 7.93. The minimum atomic E-state index is -0.309. The van der Waals surface area contributed by atoms with Gasteiger partial charge in [-0.15, -0.1) is 11.8 Å². The van der Waals surface area contributed by atoms with Crippen molar-refractivity contribution in [1.82, 2.24) is 0 Å². The zero-order valence-corrected chi connectivity index (χ0v) is 21.6. The Labute approximate surface area is 189 Å². The molecule has 0 spiro atoms. The number of hydrogen-bond donors (Lipinski definition) is 1. The summed E-state index contributed by atoms with van der Waals surface area (Å²) in [5, 5.41) is 11.5. The second-order valence-electron chi connectivity index (χ2n) is 10.3. The molecule has 0 bridgehead atoms. The molecule has 172 valence electrons. The summed E-state index contributed by atoms with van der Waals surface area (Å²) in [6.07, 6.45) is 8.18. The number of hydrogen-bond acceptors (Lipinski definition) is 4. The van der Waals surface area contributed by atoms with Crippen molar-refractivity contribution >= 4 is 17.7 Å². The molecule has 30 heavy (non-hydrogen) atoms. The fourth-order valence-corrected chi connectivity index (χ4v) is 5.42. The van der Waals surface area contributed by atoms with Crippen molar-refractivity contribution in [3.63, 3.8) is 0 Å². The van der Waals surface area contributed by atoms with Crippen LogP contribution in [0.25, 0.3) is 0 Å². The second-order valence-corrected chi connectivity index (χ2v) is 11.4. The fourth-order valence-electron chi connectivity index (χ4n) is 4.03. The van der Waals surface area contributed by atoms with Gasteiger partial charge in [0.15, 0.2) is 0 Å². The normalized spacial score (nSPS) is 12.3. The van der Waals surface area contributed by atoms with Crippen LogP contribution in [0.4, 0.5) is 0 Å². The van der Waals surface area contributed by atoms with Crippen molar-refractivity contribution in [3.8, 4) is 11.5 Å². The molecule has 0 aliphatic rings. The molecule has 3 nitrogen and oxygen atoms in total. The van der Waals surface area contributed by atoms with Crippen molar-refractivity contribution < 1.29 is 14.6 Å². The average molecular weight is 437 g/mol. The first kappa shape index (κ1) is 26.9. The van der Waals surface area contributed by atoms with Crippen LogP contribution in [0.1, 0.15) is 118 Å². The van der Waals surface area contributed by atoms with Gasteiger partial charge in [0.05, 0.1) is 4.90 Å². The second kappa shape index (κ2) is 11.5. The lowest BCUT2D eigenvalue weighted by Gasteiger charge is -2.33. The van der Waals surface area contributed by atoms with Gasteiger partial charge in [-0.05, 0) is 29.4 Å². The van der Waals surface area contributed by atoms with E-state index in [9.17, 15) is 9.90 Å². The minimum absolute atomic E-state index is 0.257. The molecule has 0 atom stereocenters. The van der Waals surface area contributed by atoms with Gasteiger partial charge in [0.1, 0.15) is 11.5 Å². The molecule has 1 rings (SSSR count). The molecule has 0 aliphatic carbocycles. The number of phenols is 1. The number of carbonyl (C=O) groups excluding carboxylic acids is 1. The van der Waals surface area contributed by atoms with E-state index in [1.165, 1.54) is 39.0 Å². The lowest BCUT2D eigenvalue weighted by molar-refractivity contribution is -0.132. The Hall–Kier alpha value is -1.16. The summed E-state index contributed by atoms with van der Waals surface area (Å²) in [5.41, 5.74) is 2.22. The summed E-state index contributed by atoms with van der Waals surface area (Å²) in [6.45, 7) is 18.4. The number of ether oxygens (including phenoxy) is 1. The van der Waals surface area contributed by atoms with Gasteiger partial charge in [-0.3, -0.25) is 4.79 Å². The first-order chi connectivity index (χ1) is 13.9. The lowest BCUT2D eigenvalue weighted by atomic mass is 9.76. The molecular weight excluding hydrogens is 392 g/mol. The highest BCUT2D eigenvalue weighted by atomic mass is 32.2. The maximum absolute atomic E-state index is 12.0. The Morgan fingerprint density at radius 1 is 0.900 bits per heavy atom. The van der Waals surface area contributed by atoms with E-state index in [1.807, 2.05) is 0 Å². The molecule has 0 unspecified atom stereocenters. The van der Waals surface area contributed by atoms with Crippen LogP contribution >= 0.6 is 11.8 Å². The van der Waals surface area contributed by atoms with Gasteiger partial charge in [0.25, 0.3) is 0 Å². The molecule has 0 amide bonds. The predicted molar refractivity (Wildman–Crippen MR) is 130 cm³/mol. The average Bonchev–Trinajstić information content (AvgIpc) is 2.59. The third kappa shape index (κ3) is 7.21. The van der Waals surface area contributed by atoms with Crippen molar-refractivity contribution in [2.24, 2.45) is 0 Å². The Kier molecular flexibility index (Phi) is 10.3. The molecule has 0 radical (unpaired) electrons. The van der Waals surface area contributed by atoms with Crippen molar-refractivity contribution in [1.29, 1.82) is 0 Å². The summed E-state index contributed by atoms with van der Waals surface area (Å²) in [4.78, 5) is 13.0. The van der Waals surface area contributed by atoms with E-state index >= 15 is 0 Å². The molecule has 0 saturated carbocycles. The van der Waals surface area contributed by atoms with Gasteiger partial charge in [-0.2, -0.15) is 0 Å². The van der Waals surface area contributed by atoms with Crippen LogP contribution < -0.4 is 4.74 Å². The van der Waals surface area contributed by atoms with Crippen LogP contribution in [0, 0.1) is 0 Å². The first-order valence-corrected chi connectivity index (χ1v) is 12.6. The third-order valence-electron chi connectivity index (χ3n) is 5.33. The number of benzene rings is 1. The zero-order valence-electron chi connectivity index (χ0n) is 20.8. The van der Waals surface area contributed by atoms with E-state index in [0.29, 0.717) is 17.9 Å². The Balaban J connectivity index is 3.48. The molecule has 0 saturated heterocycles. The highest BCUT2D eigenvalue weighted by Crippen LogP contribution is 2.51. The highest BCUT2D eigenvalue weighted by Gasteiger charge is 2.35. The van der Waals surface area contributed by atoms with Crippen LogP contribution in [0.5, 0.6) is 11.5 Å². The maximum Gasteiger partial charge on any atom is 0.308 e. The Morgan fingerprint density at radius 3 is 1.90 bits per heavy atom. The van der Waals surface area contributed by atoms with Gasteiger partial charge in [0.2, 0.25) is 0 Å². The lowest BCUT2D eigenvalue weighted by Crippen LogP contribution is -2.22. The van der Waals surface area contributed by atoms with Crippen LogP contribution in [0.3, 0.4) is 0 Å².